The fourth-order valence-electron chi connectivity index (χ4n) is 5.21. The van der Waals surface area contributed by atoms with Crippen LogP contribution in [0.4, 0.5) is 0 Å². The Labute approximate surface area is 249 Å². The molecule has 1 N–H and O–H groups in total. The summed E-state index contributed by atoms with van der Waals surface area (Å²) in [5.74, 6) is 0.730. The number of hydrogen-bond acceptors (Lipinski definition) is 8. The average Bonchev–Trinajstić information content (AvgIpc) is 3.25. The van der Waals surface area contributed by atoms with Crippen LogP contribution in [0, 0.1) is 5.92 Å². The first-order chi connectivity index (χ1) is 20.3. The highest BCUT2D eigenvalue weighted by molar-refractivity contribution is 6.46. The van der Waals surface area contributed by atoms with Crippen molar-refractivity contribution in [2.24, 2.45) is 5.92 Å². The van der Waals surface area contributed by atoms with Crippen molar-refractivity contribution < 1.29 is 33.6 Å². The van der Waals surface area contributed by atoms with Crippen molar-refractivity contribution >= 4 is 17.4 Å². The van der Waals surface area contributed by atoms with E-state index in [0.29, 0.717) is 73.7 Å². The maximum Gasteiger partial charge on any atom is 0.295 e. The van der Waals surface area contributed by atoms with Gasteiger partial charge in [-0.05, 0) is 67.1 Å². The van der Waals surface area contributed by atoms with Crippen LogP contribution in [-0.2, 0) is 14.3 Å². The molecule has 0 spiro atoms. The molecule has 0 aliphatic carbocycles. The fourth-order valence-corrected chi connectivity index (χ4v) is 5.21. The highest BCUT2D eigenvalue weighted by Crippen LogP contribution is 2.42. The summed E-state index contributed by atoms with van der Waals surface area (Å²) in [5, 5.41) is 11.5. The van der Waals surface area contributed by atoms with Gasteiger partial charge in [0.05, 0.1) is 45.2 Å². The van der Waals surface area contributed by atoms with E-state index in [4.69, 9.17) is 18.9 Å². The van der Waals surface area contributed by atoms with Crippen molar-refractivity contribution in [1.82, 2.24) is 9.80 Å². The number of carbonyl (C=O) groups excluding carboxylic acids is 2. The highest BCUT2D eigenvalue weighted by Gasteiger charge is 2.46. The summed E-state index contributed by atoms with van der Waals surface area (Å²) >= 11 is 0. The van der Waals surface area contributed by atoms with Crippen LogP contribution >= 0.6 is 0 Å². The summed E-state index contributed by atoms with van der Waals surface area (Å²) in [4.78, 5) is 30.8. The SMILES string of the molecule is CCCOc1ccc(/C(O)=C2\C(=O)C(=O)N(CCCN3CCOCC3)C2c2ccc(OCCC(C)C)c(OC)c2)cc1. The second-order valence-corrected chi connectivity index (χ2v) is 11.1. The topological polar surface area (TPSA) is 97.8 Å². The molecular weight excluding hydrogens is 536 g/mol. The first-order valence-corrected chi connectivity index (χ1v) is 15.0. The number of benzene rings is 2. The van der Waals surface area contributed by atoms with Crippen molar-refractivity contribution in [2.75, 3.05) is 59.7 Å². The van der Waals surface area contributed by atoms with Crippen LogP contribution in [0.15, 0.2) is 48.0 Å². The van der Waals surface area contributed by atoms with E-state index in [1.165, 1.54) is 0 Å². The molecule has 2 fully saturated rings. The van der Waals surface area contributed by atoms with E-state index < -0.39 is 17.7 Å². The van der Waals surface area contributed by atoms with Crippen LogP contribution in [-0.4, -0.2) is 86.3 Å². The van der Waals surface area contributed by atoms with Gasteiger partial charge in [0.1, 0.15) is 11.5 Å². The molecule has 228 valence electrons. The minimum atomic E-state index is -0.774. The van der Waals surface area contributed by atoms with Crippen LogP contribution in [0.2, 0.25) is 0 Å². The van der Waals surface area contributed by atoms with Crippen molar-refractivity contribution in [3.63, 3.8) is 0 Å². The molecular formula is C33H44N2O7. The van der Waals surface area contributed by atoms with Crippen LogP contribution in [0.25, 0.3) is 5.76 Å². The summed E-state index contributed by atoms with van der Waals surface area (Å²) in [7, 11) is 1.57. The molecule has 0 radical (unpaired) electrons. The van der Waals surface area contributed by atoms with Crippen LogP contribution < -0.4 is 14.2 Å². The second-order valence-electron chi connectivity index (χ2n) is 11.1. The van der Waals surface area contributed by atoms with E-state index in [-0.39, 0.29) is 11.3 Å². The number of amides is 1. The highest BCUT2D eigenvalue weighted by atomic mass is 16.5. The Balaban J connectivity index is 1.67. The Hall–Kier alpha value is -3.56. The Morgan fingerprint density at radius 2 is 1.74 bits per heavy atom. The van der Waals surface area contributed by atoms with Crippen molar-refractivity contribution in [3.05, 3.63) is 59.2 Å². The molecule has 2 aromatic carbocycles. The first-order valence-electron chi connectivity index (χ1n) is 15.0. The number of hydrogen-bond donors (Lipinski definition) is 1. The van der Waals surface area contributed by atoms with Crippen LogP contribution in [0.5, 0.6) is 17.2 Å². The fraction of sp³-hybridized carbons (Fsp3) is 0.515. The van der Waals surface area contributed by atoms with Crippen molar-refractivity contribution in [1.29, 1.82) is 0 Å². The lowest BCUT2D eigenvalue weighted by Gasteiger charge is -2.29. The molecule has 42 heavy (non-hydrogen) atoms. The number of likely N-dealkylation sites (tertiary alicyclic amines) is 1. The van der Waals surface area contributed by atoms with Crippen molar-refractivity contribution in [3.8, 4) is 17.2 Å². The maximum absolute atomic E-state index is 13.5. The largest absolute Gasteiger partial charge is 0.507 e. The van der Waals surface area contributed by atoms with Gasteiger partial charge in [0.25, 0.3) is 11.7 Å². The minimum Gasteiger partial charge on any atom is -0.507 e. The molecule has 0 aromatic heterocycles. The van der Waals surface area contributed by atoms with Gasteiger partial charge in [-0.3, -0.25) is 14.5 Å². The van der Waals surface area contributed by atoms with Crippen LogP contribution in [0.3, 0.4) is 0 Å². The van der Waals surface area contributed by atoms with E-state index >= 15 is 0 Å². The van der Waals surface area contributed by atoms with Gasteiger partial charge in [-0.2, -0.15) is 0 Å². The predicted octanol–water partition coefficient (Wildman–Crippen LogP) is 5.05. The second kappa shape index (κ2) is 15.1. The summed E-state index contributed by atoms with van der Waals surface area (Å²) in [6.45, 7) is 11.6. The predicted molar refractivity (Wildman–Crippen MR) is 161 cm³/mol. The van der Waals surface area contributed by atoms with E-state index in [9.17, 15) is 14.7 Å². The number of morpholine rings is 1. The van der Waals surface area contributed by atoms with E-state index in [2.05, 4.69) is 18.7 Å². The Kier molecular flexibility index (Phi) is 11.3. The van der Waals surface area contributed by atoms with E-state index in [1.54, 1.807) is 42.3 Å². The normalized spacial score (nSPS) is 19.0. The van der Waals surface area contributed by atoms with Gasteiger partial charge >= 0.3 is 0 Å². The average molecular weight is 581 g/mol. The molecule has 2 heterocycles. The summed E-state index contributed by atoms with van der Waals surface area (Å²) in [5.41, 5.74) is 1.16. The molecule has 0 saturated carbocycles. The number of Topliss-reactive ketones (excluding diaryl/α,β-unsaturated/α-hetero) is 1. The Morgan fingerprint density at radius 3 is 2.40 bits per heavy atom. The zero-order chi connectivity index (χ0) is 30.1. The Bertz CT molecular complexity index is 1240. The number of aliphatic hydroxyl groups excluding tert-OH is 1. The number of ether oxygens (including phenoxy) is 4. The molecule has 4 rings (SSSR count). The maximum atomic E-state index is 13.5. The molecule has 1 atom stereocenters. The van der Waals surface area contributed by atoms with Gasteiger partial charge in [-0.25, -0.2) is 0 Å². The van der Waals surface area contributed by atoms with Gasteiger partial charge in [0.15, 0.2) is 11.5 Å². The molecule has 9 nitrogen and oxygen atoms in total. The number of aliphatic hydroxyl groups is 1. The lowest BCUT2D eigenvalue weighted by Crippen LogP contribution is -2.39. The van der Waals surface area contributed by atoms with Gasteiger partial charge in [-0.15, -0.1) is 0 Å². The minimum absolute atomic E-state index is 0.0594. The zero-order valence-electron chi connectivity index (χ0n) is 25.3. The smallest absolute Gasteiger partial charge is 0.295 e. The third-order valence-electron chi connectivity index (χ3n) is 7.57. The van der Waals surface area contributed by atoms with Crippen LogP contribution in [0.1, 0.15) is 57.2 Å². The third kappa shape index (κ3) is 7.63. The molecule has 2 aliphatic rings. The van der Waals surface area contributed by atoms with E-state index in [1.807, 2.05) is 19.1 Å². The summed E-state index contributed by atoms with van der Waals surface area (Å²) in [6, 6.07) is 11.6. The number of ketones is 1. The number of carbonyl (C=O) groups is 2. The standard InChI is InChI=1S/C33H44N2O7/c1-5-18-41-26-10-7-24(8-11-26)31(36)29-30(25-9-12-27(28(22-25)39-4)42-19-13-23(2)3)35(33(38)32(29)37)15-6-14-34-16-20-40-21-17-34/h7-12,22-23,30,36H,5-6,13-21H2,1-4H3/b31-29+. The number of methoxy groups -OCH3 is 1. The monoisotopic (exact) mass is 580 g/mol. The van der Waals surface area contributed by atoms with Gasteiger partial charge in [0, 0.05) is 31.7 Å². The Morgan fingerprint density at radius 1 is 1.00 bits per heavy atom. The molecule has 2 aliphatic heterocycles. The molecule has 0 bridgehead atoms. The third-order valence-corrected chi connectivity index (χ3v) is 7.57. The number of nitrogens with zero attached hydrogens (tertiary/aromatic N) is 2. The molecule has 1 unspecified atom stereocenters. The molecule has 2 saturated heterocycles. The van der Waals surface area contributed by atoms with Gasteiger partial charge in [0.2, 0.25) is 0 Å². The van der Waals surface area contributed by atoms with Gasteiger partial charge in [-0.1, -0.05) is 26.8 Å². The molecule has 2 aromatic rings. The van der Waals surface area contributed by atoms with Crippen molar-refractivity contribution in [2.45, 2.75) is 46.1 Å². The first kappa shape index (κ1) is 31.4. The summed E-state index contributed by atoms with van der Waals surface area (Å²) < 4.78 is 22.7. The van der Waals surface area contributed by atoms with E-state index in [0.717, 1.165) is 32.5 Å². The lowest BCUT2D eigenvalue weighted by molar-refractivity contribution is -0.140. The molecule has 1 amide bonds. The zero-order valence-corrected chi connectivity index (χ0v) is 25.3. The van der Waals surface area contributed by atoms with Gasteiger partial charge < -0.3 is 29.0 Å². The number of rotatable bonds is 14. The lowest BCUT2D eigenvalue weighted by atomic mass is 9.95. The summed E-state index contributed by atoms with van der Waals surface area (Å²) in [6.07, 6.45) is 2.46. The molecule has 9 heteroatoms. The quantitative estimate of drug-likeness (QED) is 0.188.